The Morgan fingerprint density at radius 2 is 1.67 bits per heavy atom. The van der Waals surface area contributed by atoms with Crippen LogP contribution in [0.25, 0.3) is 22.4 Å². The number of hydrogen-bond donors (Lipinski definition) is 1. The fourth-order valence-corrected chi connectivity index (χ4v) is 6.03. The average Bonchev–Trinajstić information content (AvgIpc) is 3.59. The largest absolute Gasteiger partial charge is 0.461 e. The first-order valence-electron chi connectivity index (χ1n) is 15.8. The molecule has 1 fully saturated rings. The van der Waals surface area contributed by atoms with Gasteiger partial charge < -0.3 is 24.3 Å². The molecule has 6 rings (SSSR count). The molecule has 236 valence electrons. The van der Waals surface area contributed by atoms with E-state index in [-0.39, 0.29) is 18.1 Å². The summed E-state index contributed by atoms with van der Waals surface area (Å²) < 4.78 is 13.4. The monoisotopic (exact) mass is 611 g/mol. The summed E-state index contributed by atoms with van der Waals surface area (Å²) in [6, 6.07) is 14.0. The van der Waals surface area contributed by atoms with Gasteiger partial charge in [-0.3, -0.25) is 0 Å². The van der Waals surface area contributed by atoms with E-state index in [0.29, 0.717) is 31.9 Å². The van der Waals surface area contributed by atoms with Crippen LogP contribution in [0, 0.1) is 5.92 Å². The van der Waals surface area contributed by atoms with E-state index in [1.165, 1.54) is 5.56 Å². The molecule has 0 spiro atoms. The number of benzene rings is 1. The lowest BCUT2D eigenvalue weighted by molar-refractivity contribution is -0.153. The third-order valence-corrected chi connectivity index (χ3v) is 8.28. The van der Waals surface area contributed by atoms with Crippen LogP contribution in [0.4, 0.5) is 10.7 Å². The molecule has 4 aromatic rings. The van der Waals surface area contributed by atoms with Crippen molar-refractivity contribution in [1.29, 1.82) is 0 Å². The highest BCUT2D eigenvalue weighted by molar-refractivity contribution is 5.82. The number of alkyl carbamates (subject to hydrolysis) is 1. The van der Waals surface area contributed by atoms with Crippen LogP contribution in [0.15, 0.2) is 54.9 Å². The SMILES string of the molecule is CC(C)C(NC(=O)OC(C)(C)C)C(=O)OC1CCN(c2ncc(-c3ccc4nc5n(c4n3)[C@@H](c3ccccc3)CC5)cn2)CC1. The smallest absolute Gasteiger partial charge is 0.408 e. The molecule has 1 unspecified atom stereocenters. The van der Waals surface area contributed by atoms with Gasteiger partial charge in [0, 0.05) is 50.3 Å². The molecule has 1 aromatic carbocycles. The third kappa shape index (κ3) is 6.77. The second-order valence-corrected chi connectivity index (χ2v) is 13.2. The predicted octanol–water partition coefficient (Wildman–Crippen LogP) is 5.49. The van der Waals surface area contributed by atoms with Crippen LogP contribution in [0.1, 0.15) is 71.3 Å². The van der Waals surface area contributed by atoms with Gasteiger partial charge in [0.15, 0.2) is 5.65 Å². The number of nitrogens with zero attached hydrogens (tertiary/aromatic N) is 6. The Bertz CT molecular complexity index is 1660. The zero-order chi connectivity index (χ0) is 31.7. The third-order valence-electron chi connectivity index (χ3n) is 8.28. The van der Waals surface area contributed by atoms with Crippen molar-refractivity contribution in [3.63, 3.8) is 0 Å². The molecule has 0 radical (unpaired) electrons. The number of amides is 1. The van der Waals surface area contributed by atoms with Crippen molar-refractivity contribution in [2.24, 2.45) is 5.92 Å². The van der Waals surface area contributed by atoms with Crippen molar-refractivity contribution < 1.29 is 19.1 Å². The first-order chi connectivity index (χ1) is 21.6. The van der Waals surface area contributed by atoms with E-state index in [1.807, 2.05) is 44.4 Å². The van der Waals surface area contributed by atoms with E-state index in [4.69, 9.17) is 19.4 Å². The van der Waals surface area contributed by atoms with Crippen LogP contribution in [0.5, 0.6) is 0 Å². The number of piperidine rings is 1. The molecule has 1 saturated heterocycles. The van der Waals surface area contributed by atoms with Gasteiger partial charge in [0.05, 0.1) is 11.7 Å². The lowest BCUT2D eigenvalue weighted by Gasteiger charge is -2.33. The van der Waals surface area contributed by atoms with Gasteiger partial charge in [-0.25, -0.2) is 29.5 Å². The summed E-state index contributed by atoms with van der Waals surface area (Å²) in [7, 11) is 0. The standard InChI is InChI=1S/C34H41N7O4/c1-21(2)29(39-33(43)45-34(3,4)5)31(42)44-24-15-17-40(18-16-24)32-35-19-23(20-36-32)25-11-12-26-30(38-25)41-27(13-14-28(41)37-26)22-9-7-6-8-10-22/h6-12,19-21,24,27,29H,13-18H2,1-5H3,(H,39,43)/t27-,29?/m1/s1. The van der Waals surface area contributed by atoms with Gasteiger partial charge in [0.25, 0.3) is 0 Å². The predicted molar refractivity (Wildman–Crippen MR) is 171 cm³/mol. The fourth-order valence-electron chi connectivity index (χ4n) is 6.03. The second-order valence-electron chi connectivity index (χ2n) is 13.2. The van der Waals surface area contributed by atoms with Crippen LogP contribution in [-0.2, 0) is 20.7 Å². The first kappa shape index (κ1) is 30.5. The Kier molecular flexibility index (Phi) is 8.44. The Morgan fingerprint density at radius 3 is 2.33 bits per heavy atom. The molecule has 11 heteroatoms. The topological polar surface area (TPSA) is 124 Å². The number of nitrogens with one attached hydrogen (secondary N) is 1. The van der Waals surface area contributed by atoms with Gasteiger partial charge >= 0.3 is 12.1 Å². The highest BCUT2D eigenvalue weighted by Gasteiger charge is 2.32. The maximum absolute atomic E-state index is 13.0. The zero-order valence-electron chi connectivity index (χ0n) is 26.6. The maximum Gasteiger partial charge on any atom is 0.408 e. The number of rotatable bonds is 7. The highest BCUT2D eigenvalue weighted by atomic mass is 16.6. The fraction of sp³-hybridized carbons (Fsp3) is 0.471. The number of fused-ring (bicyclic) bond motifs is 3. The molecule has 2 atom stereocenters. The second kappa shape index (κ2) is 12.5. The first-order valence-corrected chi connectivity index (χ1v) is 15.8. The van der Waals surface area contributed by atoms with Crippen LogP contribution >= 0.6 is 0 Å². The molecule has 1 N–H and O–H groups in total. The number of esters is 1. The molecule has 11 nitrogen and oxygen atoms in total. The van der Waals surface area contributed by atoms with E-state index in [1.54, 1.807) is 20.8 Å². The number of ether oxygens (including phenoxy) is 2. The lowest BCUT2D eigenvalue weighted by Crippen LogP contribution is -2.49. The summed E-state index contributed by atoms with van der Waals surface area (Å²) in [6.07, 6.45) is 5.98. The molecule has 0 aliphatic carbocycles. The molecule has 2 aliphatic rings. The molecular weight excluding hydrogens is 570 g/mol. The van der Waals surface area contributed by atoms with Crippen LogP contribution in [0.3, 0.4) is 0 Å². The van der Waals surface area contributed by atoms with Gasteiger partial charge in [-0.15, -0.1) is 0 Å². The molecule has 1 amide bonds. The number of imidazole rings is 1. The van der Waals surface area contributed by atoms with E-state index < -0.39 is 23.7 Å². The van der Waals surface area contributed by atoms with Crippen molar-refractivity contribution in [3.8, 4) is 11.3 Å². The maximum atomic E-state index is 13.0. The van der Waals surface area contributed by atoms with E-state index in [2.05, 4.69) is 49.0 Å². The minimum atomic E-state index is -0.783. The number of pyridine rings is 1. The normalized spacial score (nSPS) is 17.7. The summed E-state index contributed by atoms with van der Waals surface area (Å²) in [5, 5.41) is 2.67. The summed E-state index contributed by atoms with van der Waals surface area (Å²) in [5.74, 6) is 1.11. The number of carbonyl (C=O) groups excluding carboxylic acids is 2. The van der Waals surface area contributed by atoms with E-state index in [9.17, 15) is 9.59 Å². The molecule has 5 heterocycles. The Hall–Kier alpha value is -4.54. The Labute approximate surface area is 263 Å². The minimum Gasteiger partial charge on any atom is -0.461 e. The number of anilines is 1. The summed E-state index contributed by atoms with van der Waals surface area (Å²) in [4.78, 5) is 46.5. The van der Waals surface area contributed by atoms with Crippen LogP contribution in [0.2, 0.25) is 0 Å². The zero-order valence-corrected chi connectivity index (χ0v) is 26.6. The highest BCUT2D eigenvalue weighted by Crippen LogP contribution is 2.35. The number of carbonyl (C=O) groups is 2. The average molecular weight is 612 g/mol. The quantitative estimate of drug-likeness (QED) is 0.270. The van der Waals surface area contributed by atoms with Crippen molar-refractivity contribution in [2.45, 2.75) is 84.1 Å². The summed E-state index contributed by atoms with van der Waals surface area (Å²) in [5.41, 5.74) is 4.05. The van der Waals surface area contributed by atoms with Crippen LogP contribution in [-0.4, -0.2) is 67.4 Å². The molecule has 3 aromatic heterocycles. The molecule has 0 saturated carbocycles. The Balaban J connectivity index is 1.08. The number of aryl methyl sites for hydroxylation is 1. The Morgan fingerprint density at radius 1 is 0.956 bits per heavy atom. The molecular formula is C34H41N7O4. The number of aromatic nitrogens is 5. The molecule has 2 aliphatic heterocycles. The van der Waals surface area contributed by atoms with Gasteiger partial charge in [0.1, 0.15) is 29.1 Å². The van der Waals surface area contributed by atoms with Crippen molar-refractivity contribution in [2.75, 3.05) is 18.0 Å². The van der Waals surface area contributed by atoms with E-state index in [0.717, 1.165) is 41.1 Å². The molecule has 0 bridgehead atoms. The lowest BCUT2D eigenvalue weighted by atomic mass is 10.0. The molecule has 45 heavy (non-hydrogen) atoms. The minimum absolute atomic E-state index is 0.146. The summed E-state index contributed by atoms with van der Waals surface area (Å²) in [6.45, 7) is 10.4. The number of hydrogen-bond acceptors (Lipinski definition) is 9. The van der Waals surface area contributed by atoms with Gasteiger partial charge in [0.2, 0.25) is 5.95 Å². The van der Waals surface area contributed by atoms with Crippen molar-refractivity contribution >= 4 is 29.2 Å². The van der Waals surface area contributed by atoms with Crippen molar-refractivity contribution in [3.05, 3.63) is 66.2 Å². The van der Waals surface area contributed by atoms with Gasteiger partial charge in [-0.2, -0.15) is 0 Å². The van der Waals surface area contributed by atoms with E-state index >= 15 is 0 Å². The van der Waals surface area contributed by atoms with Crippen molar-refractivity contribution in [1.82, 2.24) is 29.8 Å². The van der Waals surface area contributed by atoms with Gasteiger partial charge in [-0.05, 0) is 50.8 Å². The van der Waals surface area contributed by atoms with Crippen LogP contribution < -0.4 is 10.2 Å². The van der Waals surface area contributed by atoms with Gasteiger partial charge in [-0.1, -0.05) is 44.2 Å². The summed E-state index contributed by atoms with van der Waals surface area (Å²) >= 11 is 0.